The first kappa shape index (κ1) is 15.1. The Morgan fingerprint density at radius 3 is 2.70 bits per heavy atom. The van der Waals surface area contributed by atoms with Crippen LogP contribution in [-0.2, 0) is 16.0 Å². The summed E-state index contributed by atoms with van der Waals surface area (Å²) >= 11 is 0. The standard InChI is InChI=1S/C18H18N2O3/c1-11-6-8-13(9-7-11)10-16(21)19-14-4-3-5-15-17(14)20-18(22)12(2)23-15/h3-9,12H,10H2,1-2H3,(H,19,21)(H,20,22). The zero-order valence-electron chi connectivity index (χ0n) is 13.1. The van der Waals surface area contributed by atoms with Gasteiger partial charge in [-0.2, -0.15) is 0 Å². The van der Waals surface area contributed by atoms with Crippen LogP contribution in [0.25, 0.3) is 0 Å². The number of carbonyl (C=O) groups excluding carboxylic acids is 2. The lowest BCUT2D eigenvalue weighted by Crippen LogP contribution is -2.35. The maximum absolute atomic E-state index is 12.2. The molecule has 2 aromatic rings. The van der Waals surface area contributed by atoms with Gasteiger partial charge in [0.2, 0.25) is 5.91 Å². The van der Waals surface area contributed by atoms with E-state index >= 15 is 0 Å². The zero-order valence-corrected chi connectivity index (χ0v) is 13.1. The highest BCUT2D eigenvalue weighted by Crippen LogP contribution is 2.36. The molecule has 1 unspecified atom stereocenters. The first-order valence-electron chi connectivity index (χ1n) is 7.49. The number of benzene rings is 2. The number of hydrogen-bond donors (Lipinski definition) is 2. The Bertz CT molecular complexity index is 753. The van der Waals surface area contributed by atoms with Gasteiger partial charge in [0.25, 0.3) is 5.91 Å². The number of fused-ring (bicyclic) bond motifs is 1. The van der Waals surface area contributed by atoms with Crippen LogP contribution in [0.5, 0.6) is 5.75 Å². The highest BCUT2D eigenvalue weighted by molar-refractivity contribution is 6.04. The number of aryl methyl sites for hydroxylation is 1. The van der Waals surface area contributed by atoms with E-state index in [0.717, 1.165) is 11.1 Å². The molecule has 5 nitrogen and oxygen atoms in total. The van der Waals surface area contributed by atoms with Crippen molar-refractivity contribution in [2.24, 2.45) is 0 Å². The molecule has 0 aromatic heterocycles. The van der Waals surface area contributed by atoms with Gasteiger partial charge in [-0.1, -0.05) is 35.9 Å². The van der Waals surface area contributed by atoms with Crippen molar-refractivity contribution in [1.29, 1.82) is 0 Å². The van der Waals surface area contributed by atoms with Gasteiger partial charge in [-0.05, 0) is 31.5 Å². The van der Waals surface area contributed by atoms with E-state index in [2.05, 4.69) is 10.6 Å². The summed E-state index contributed by atoms with van der Waals surface area (Å²) in [6.45, 7) is 3.69. The number of anilines is 2. The third-order valence-corrected chi connectivity index (χ3v) is 3.71. The lowest BCUT2D eigenvalue weighted by Gasteiger charge is -2.25. The Morgan fingerprint density at radius 1 is 1.22 bits per heavy atom. The predicted octanol–water partition coefficient (Wildman–Crippen LogP) is 2.90. The molecule has 0 saturated heterocycles. The molecule has 0 bridgehead atoms. The smallest absolute Gasteiger partial charge is 0.265 e. The van der Waals surface area contributed by atoms with Crippen LogP contribution in [0.1, 0.15) is 18.1 Å². The molecule has 2 amide bonds. The fourth-order valence-corrected chi connectivity index (χ4v) is 2.42. The Labute approximate surface area is 134 Å². The fraction of sp³-hybridized carbons (Fsp3) is 0.222. The molecule has 1 aliphatic rings. The Balaban J connectivity index is 1.75. The third kappa shape index (κ3) is 3.34. The summed E-state index contributed by atoms with van der Waals surface area (Å²) in [5.41, 5.74) is 3.14. The molecule has 3 rings (SSSR count). The molecule has 2 aromatic carbocycles. The molecule has 0 saturated carbocycles. The van der Waals surface area contributed by atoms with Crippen molar-refractivity contribution >= 4 is 23.2 Å². The molecular weight excluding hydrogens is 292 g/mol. The number of rotatable bonds is 3. The number of carbonyl (C=O) groups is 2. The van der Waals surface area contributed by atoms with Gasteiger partial charge in [0.15, 0.2) is 6.10 Å². The molecule has 0 spiro atoms. The quantitative estimate of drug-likeness (QED) is 0.916. The first-order valence-corrected chi connectivity index (χ1v) is 7.49. The average molecular weight is 310 g/mol. The molecule has 1 aliphatic heterocycles. The maximum Gasteiger partial charge on any atom is 0.265 e. The summed E-state index contributed by atoms with van der Waals surface area (Å²) in [6, 6.07) is 13.1. The normalized spacial score (nSPS) is 16.1. The van der Waals surface area contributed by atoms with Crippen molar-refractivity contribution in [3.63, 3.8) is 0 Å². The number of hydrogen-bond acceptors (Lipinski definition) is 3. The highest BCUT2D eigenvalue weighted by atomic mass is 16.5. The molecule has 5 heteroatoms. The zero-order chi connectivity index (χ0) is 16.4. The average Bonchev–Trinajstić information content (AvgIpc) is 2.51. The number of ether oxygens (including phenoxy) is 1. The van der Waals surface area contributed by atoms with E-state index in [4.69, 9.17) is 4.74 Å². The minimum atomic E-state index is -0.541. The van der Waals surface area contributed by atoms with Crippen LogP contribution >= 0.6 is 0 Å². The van der Waals surface area contributed by atoms with E-state index in [-0.39, 0.29) is 18.2 Å². The second-order valence-corrected chi connectivity index (χ2v) is 5.64. The van der Waals surface area contributed by atoms with Gasteiger partial charge < -0.3 is 15.4 Å². The van der Waals surface area contributed by atoms with Crippen LogP contribution in [0.2, 0.25) is 0 Å². The summed E-state index contributed by atoms with van der Waals surface area (Å²) in [5.74, 6) is 0.193. The van der Waals surface area contributed by atoms with Crippen LogP contribution in [-0.4, -0.2) is 17.9 Å². The van der Waals surface area contributed by atoms with E-state index in [1.165, 1.54) is 0 Å². The topological polar surface area (TPSA) is 67.4 Å². The monoisotopic (exact) mass is 310 g/mol. The van der Waals surface area contributed by atoms with E-state index < -0.39 is 6.10 Å². The van der Waals surface area contributed by atoms with Gasteiger partial charge in [-0.15, -0.1) is 0 Å². The lowest BCUT2D eigenvalue weighted by molar-refractivity contribution is -0.122. The molecule has 23 heavy (non-hydrogen) atoms. The summed E-state index contributed by atoms with van der Waals surface area (Å²) in [6.07, 6.45) is -0.268. The Hall–Kier alpha value is -2.82. The predicted molar refractivity (Wildman–Crippen MR) is 88.7 cm³/mol. The summed E-state index contributed by atoms with van der Waals surface area (Å²) in [5, 5.41) is 5.61. The van der Waals surface area contributed by atoms with E-state index in [1.54, 1.807) is 25.1 Å². The van der Waals surface area contributed by atoms with Crippen LogP contribution < -0.4 is 15.4 Å². The maximum atomic E-state index is 12.2. The van der Waals surface area contributed by atoms with Gasteiger partial charge in [0.1, 0.15) is 11.4 Å². The minimum absolute atomic E-state index is 0.143. The fourth-order valence-electron chi connectivity index (χ4n) is 2.42. The molecule has 0 radical (unpaired) electrons. The van der Waals surface area contributed by atoms with E-state index in [1.807, 2.05) is 31.2 Å². The summed E-state index contributed by atoms with van der Waals surface area (Å²) in [7, 11) is 0. The van der Waals surface area contributed by atoms with Gasteiger partial charge in [0, 0.05) is 0 Å². The second kappa shape index (κ2) is 6.12. The van der Waals surface area contributed by atoms with Crippen LogP contribution in [0.15, 0.2) is 42.5 Å². The van der Waals surface area contributed by atoms with Crippen molar-refractivity contribution in [3.8, 4) is 5.75 Å². The number of amides is 2. The number of para-hydroxylation sites is 1. The molecule has 118 valence electrons. The third-order valence-electron chi connectivity index (χ3n) is 3.71. The second-order valence-electron chi connectivity index (χ2n) is 5.64. The Kier molecular flexibility index (Phi) is 4.02. The van der Waals surface area contributed by atoms with Crippen molar-refractivity contribution in [2.75, 3.05) is 10.6 Å². The van der Waals surface area contributed by atoms with Crippen LogP contribution in [0, 0.1) is 6.92 Å². The summed E-state index contributed by atoms with van der Waals surface area (Å²) in [4.78, 5) is 24.0. The van der Waals surface area contributed by atoms with E-state index in [0.29, 0.717) is 17.1 Å². The van der Waals surface area contributed by atoms with Crippen molar-refractivity contribution in [3.05, 3.63) is 53.6 Å². The van der Waals surface area contributed by atoms with Gasteiger partial charge in [-0.25, -0.2) is 0 Å². The molecule has 1 atom stereocenters. The highest BCUT2D eigenvalue weighted by Gasteiger charge is 2.25. The van der Waals surface area contributed by atoms with Gasteiger partial charge in [-0.3, -0.25) is 9.59 Å². The van der Waals surface area contributed by atoms with Crippen LogP contribution in [0.3, 0.4) is 0 Å². The van der Waals surface area contributed by atoms with Crippen LogP contribution in [0.4, 0.5) is 11.4 Å². The lowest BCUT2D eigenvalue weighted by atomic mass is 10.1. The SMILES string of the molecule is Cc1ccc(CC(=O)Nc2cccc3c2NC(=O)C(C)O3)cc1. The molecule has 0 fully saturated rings. The largest absolute Gasteiger partial charge is 0.479 e. The van der Waals surface area contributed by atoms with Crippen molar-refractivity contribution in [2.45, 2.75) is 26.4 Å². The van der Waals surface area contributed by atoms with E-state index in [9.17, 15) is 9.59 Å². The summed E-state index contributed by atoms with van der Waals surface area (Å²) < 4.78 is 5.53. The molecule has 1 heterocycles. The number of nitrogens with one attached hydrogen (secondary N) is 2. The molecule has 0 aliphatic carbocycles. The van der Waals surface area contributed by atoms with Gasteiger partial charge in [0.05, 0.1) is 12.1 Å². The molecular formula is C18H18N2O3. The van der Waals surface area contributed by atoms with Crippen molar-refractivity contribution in [1.82, 2.24) is 0 Å². The molecule has 2 N–H and O–H groups in total. The minimum Gasteiger partial charge on any atom is -0.479 e. The van der Waals surface area contributed by atoms with Crippen molar-refractivity contribution < 1.29 is 14.3 Å². The Morgan fingerprint density at radius 2 is 1.96 bits per heavy atom. The van der Waals surface area contributed by atoms with Gasteiger partial charge >= 0.3 is 0 Å². The first-order chi connectivity index (χ1) is 11.0.